The van der Waals surface area contributed by atoms with E-state index < -0.39 is 17.7 Å². The molecule has 0 aliphatic heterocycles. The van der Waals surface area contributed by atoms with E-state index in [-0.39, 0.29) is 6.04 Å². The Labute approximate surface area is 81.5 Å². The number of carboxylic acids is 1. The van der Waals surface area contributed by atoms with Crippen LogP contribution in [0.1, 0.15) is 32.1 Å². The minimum Gasteiger partial charge on any atom is -0.475 e. The number of hydrogen-bond donors (Lipinski definition) is 2. The fraction of sp³-hybridized carbons (Fsp3) is 0.667. The maximum absolute atomic E-state index is 11.0. The van der Waals surface area contributed by atoms with Crippen LogP contribution in [0.25, 0.3) is 0 Å². The molecular formula is C9H13NO4. The van der Waals surface area contributed by atoms with Crippen molar-refractivity contribution in [3.05, 3.63) is 0 Å². The van der Waals surface area contributed by atoms with Gasteiger partial charge in [-0.3, -0.25) is 9.59 Å². The van der Waals surface area contributed by atoms with Gasteiger partial charge in [-0.05, 0) is 12.8 Å². The molecule has 1 rings (SSSR count). The summed E-state index contributed by atoms with van der Waals surface area (Å²) in [7, 11) is 0. The van der Waals surface area contributed by atoms with E-state index >= 15 is 0 Å². The number of hydrogen-bond acceptors (Lipinski definition) is 3. The number of carboxylic acid groups (broad SMARTS) is 1. The van der Waals surface area contributed by atoms with Gasteiger partial charge in [-0.15, -0.1) is 0 Å². The molecule has 0 spiro atoms. The summed E-state index contributed by atoms with van der Waals surface area (Å²) < 4.78 is 0. The van der Waals surface area contributed by atoms with Gasteiger partial charge in [0.1, 0.15) is 0 Å². The molecule has 0 bridgehead atoms. The molecule has 0 unspecified atom stereocenters. The number of carbonyl (C=O) groups excluding carboxylic acids is 2. The van der Waals surface area contributed by atoms with Crippen molar-refractivity contribution in [2.45, 2.75) is 38.1 Å². The minimum absolute atomic E-state index is 0.0282. The van der Waals surface area contributed by atoms with Gasteiger partial charge in [0.25, 0.3) is 5.91 Å². The first-order valence-electron chi connectivity index (χ1n) is 4.69. The van der Waals surface area contributed by atoms with Crippen LogP contribution in [0.5, 0.6) is 0 Å². The highest BCUT2D eigenvalue weighted by Gasteiger charge is 2.24. The Hall–Kier alpha value is -1.39. The summed E-state index contributed by atoms with van der Waals surface area (Å²) >= 11 is 0. The van der Waals surface area contributed by atoms with Gasteiger partial charge < -0.3 is 10.4 Å². The molecule has 0 radical (unpaired) electrons. The summed E-state index contributed by atoms with van der Waals surface area (Å²) in [6.45, 7) is 0. The number of amides is 1. The zero-order valence-electron chi connectivity index (χ0n) is 7.78. The van der Waals surface area contributed by atoms with Gasteiger partial charge in [0.05, 0.1) is 0 Å². The monoisotopic (exact) mass is 199 g/mol. The highest BCUT2D eigenvalue weighted by Crippen LogP contribution is 2.17. The number of aliphatic carboxylic acids is 1. The van der Waals surface area contributed by atoms with Crippen LogP contribution in [-0.4, -0.2) is 28.8 Å². The van der Waals surface area contributed by atoms with Gasteiger partial charge in [-0.25, -0.2) is 4.79 Å². The second-order valence-corrected chi connectivity index (χ2v) is 3.44. The van der Waals surface area contributed by atoms with E-state index in [4.69, 9.17) is 5.11 Å². The molecule has 5 nitrogen and oxygen atoms in total. The van der Waals surface area contributed by atoms with Crippen LogP contribution in [0.4, 0.5) is 0 Å². The van der Waals surface area contributed by atoms with Gasteiger partial charge in [0.15, 0.2) is 0 Å². The Balaban J connectivity index is 2.39. The van der Waals surface area contributed by atoms with Crippen molar-refractivity contribution in [2.24, 2.45) is 0 Å². The summed E-state index contributed by atoms with van der Waals surface area (Å²) in [4.78, 5) is 31.9. The predicted octanol–water partition coefficient (Wildman–Crippen LogP) is 0.0890. The highest BCUT2D eigenvalue weighted by atomic mass is 16.4. The summed E-state index contributed by atoms with van der Waals surface area (Å²) in [5.41, 5.74) is 0. The van der Waals surface area contributed by atoms with Crippen molar-refractivity contribution in [1.29, 1.82) is 0 Å². The van der Waals surface area contributed by atoms with Crippen molar-refractivity contribution in [3.8, 4) is 0 Å². The topological polar surface area (TPSA) is 83.5 Å². The third kappa shape index (κ3) is 2.83. The number of rotatable bonds is 3. The van der Waals surface area contributed by atoms with Crippen LogP contribution in [-0.2, 0) is 14.4 Å². The van der Waals surface area contributed by atoms with Crippen LogP contribution in [0.15, 0.2) is 0 Å². The lowest BCUT2D eigenvalue weighted by Gasteiger charge is -2.21. The van der Waals surface area contributed by atoms with E-state index in [2.05, 4.69) is 5.32 Å². The maximum Gasteiger partial charge on any atom is 0.382 e. The Morgan fingerprint density at radius 2 is 1.64 bits per heavy atom. The van der Waals surface area contributed by atoms with Crippen LogP contribution >= 0.6 is 0 Å². The van der Waals surface area contributed by atoms with Gasteiger partial charge in [-0.1, -0.05) is 19.3 Å². The SMILES string of the molecule is O=C(O)C(=O)C(=O)NC1CCCCC1. The van der Waals surface area contributed by atoms with Crippen molar-refractivity contribution in [2.75, 3.05) is 0 Å². The minimum atomic E-state index is -1.70. The van der Waals surface area contributed by atoms with E-state index in [9.17, 15) is 14.4 Å². The average Bonchev–Trinajstić information content (AvgIpc) is 2.18. The van der Waals surface area contributed by atoms with Gasteiger partial charge >= 0.3 is 11.8 Å². The van der Waals surface area contributed by atoms with Gasteiger partial charge in [-0.2, -0.15) is 0 Å². The van der Waals surface area contributed by atoms with E-state index in [1.165, 1.54) is 0 Å². The second-order valence-electron chi connectivity index (χ2n) is 3.44. The molecule has 1 saturated carbocycles. The zero-order valence-corrected chi connectivity index (χ0v) is 7.78. The van der Waals surface area contributed by atoms with Crippen LogP contribution in [0.2, 0.25) is 0 Å². The van der Waals surface area contributed by atoms with Crippen molar-refractivity contribution >= 4 is 17.7 Å². The molecular weight excluding hydrogens is 186 g/mol. The Morgan fingerprint density at radius 1 is 1.07 bits per heavy atom. The summed E-state index contributed by atoms with van der Waals surface area (Å²) in [6.07, 6.45) is 4.84. The molecule has 0 aromatic rings. The molecule has 1 fully saturated rings. The molecule has 78 valence electrons. The third-order valence-electron chi connectivity index (χ3n) is 2.34. The molecule has 1 amide bonds. The first-order valence-corrected chi connectivity index (χ1v) is 4.69. The lowest BCUT2D eigenvalue weighted by molar-refractivity contribution is -0.153. The smallest absolute Gasteiger partial charge is 0.382 e. The maximum atomic E-state index is 11.0. The predicted molar refractivity (Wildman–Crippen MR) is 47.7 cm³/mol. The van der Waals surface area contributed by atoms with Crippen molar-refractivity contribution < 1.29 is 19.5 Å². The summed E-state index contributed by atoms with van der Waals surface area (Å²) in [6, 6.07) is -0.0282. The Morgan fingerprint density at radius 3 is 2.14 bits per heavy atom. The first kappa shape index (κ1) is 10.7. The Bertz CT molecular complexity index is 256. The number of Topliss-reactive ketones (excluding diaryl/α,β-unsaturated/α-hetero) is 1. The fourth-order valence-electron chi connectivity index (χ4n) is 1.59. The molecule has 0 heterocycles. The molecule has 0 atom stereocenters. The van der Waals surface area contributed by atoms with Gasteiger partial charge in [0.2, 0.25) is 0 Å². The van der Waals surface area contributed by atoms with E-state index in [0.29, 0.717) is 0 Å². The summed E-state index contributed by atoms with van der Waals surface area (Å²) in [5, 5.41) is 10.7. The molecule has 0 aromatic carbocycles. The molecule has 1 aliphatic carbocycles. The van der Waals surface area contributed by atoms with Crippen LogP contribution in [0.3, 0.4) is 0 Å². The number of nitrogens with one attached hydrogen (secondary N) is 1. The van der Waals surface area contributed by atoms with E-state index in [1.54, 1.807) is 0 Å². The fourth-order valence-corrected chi connectivity index (χ4v) is 1.59. The summed E-state index contributed by atoms with van der Waals surface area (Å²) in [5.74, 6) is -4.07. The highest BCUT2D eigenvalue weighted by molar-refractivity contribution is 6.61. The quantitative estimate of drug-likeness (QED) is 0.498. The van der Waals surface area contributed by atoms with E-state index in [1.807, 2.05) is 0 Å². The largest absolute Gasteiger partial charge is 0.475 e. The Kier molecular flexibility index (Phi) is 3.62. The lowest BCUT2D eigenvalue weighted by atomic mass is 9.95. The zero-order chi connectivity index (χ0) is 10.6. The number of carbonyl (C=O) groups is 3. The molecule has 14 heavy (non-hydrogen) atoms. The van der Waals surface area contributed by atoms with Crippen LogP contribution < -0.4 is 5.32 Å². The number of ketones is 1. The molecule has 0 saturated heterocycles. The van der Waals surface area contributed by atoms with E-state index in [0.717, 1.165) is 32.1 Å². The lowest BCUT2D eigenvalue weighted by Crippen LogP contribution is -2.42. The molecule has 0 aromatic heterocycles. The van der Waals surface area contributed by atoms with Crippen molar-refractivity contribution in [1.82, 2.24) is 5.32 Å². The van der Waals surface area contributed by atoms with Crippen molar-refractivity contribution in [3.63, 3.8) is 0 Å². The first-order chi connectivity index (χ1) is 6.61. The molecule has 2 N–H and O–H groups in total. The van der Waals surface area contributed by atoms with Crippen LogP contribution in [0, 0.1) is 0 Å². The third-order valence-corrected chi connectivity index (χ3v) is 2.34. The molecule has 5 heteroatoms. The normalized spacial score (nSPS) is 17.4. The standard InChI is InChI=1S/C9H13NO4/c11-7(9(13)14)8(12)10-6-4-2-1-3-5-6/h6H,1-5H2,(H,10,12)(H,13,14). The van der Waals surface area contributed by atoms with Gasteiger partial charge in [0, 0.05) is 6.04 Å². The average molecular weight is 199 g/mol. The second kappa shape index (κ2) is 4.74. The molecule has 1 aliphatic rings.